The van der Waals surface area contributed by atoms with Crippen LogP contribution in [0, 0.1) is 5.92 Å². The van der Waals surface area contributed by atoms with E-state index in [-0.39, 0.29) is 17.7 Å². The molecule has 0 saturated carbocycles. The molecule has 0 bridgehead atoms. The molecule has 1 heterocycles. The van der Waals surface area contributed by atoms with Crippen LogP contribution in [0.5, 0.6) is 0 Å². The molecule has 1 N–H and O–H groups in total. The van der Waals surface area contributed by atoms with Crippen molar-refractivity contribution in [2.45, 2.75) is 18.8 Å². The Morgan fingerprint density at radius 2 is 2.15 bits per heavy atom. The third kappa shape index (κ3) is 2.46. The first-order chi connectivity index (χ1) is 9.79. The van der Waals surface area contributed by atoms with Crippen molar-refractivity contribution in [2.75, 3.05) is 7.11 Å². The van der Waals surface area contributed by atoms with Crippen LogP contribution >= 0.6 is 11.3 Å². The second-order valence-corrected chi connectivity index (χ2v) is 5.91. The zero-order chi connectivity index (χ0) is 13.9. The smallest absolute Gasteiger partial charge is 0.247 e. The lowest BCUT2D eigenvalue weighted by atomic mass is 9.83. The molecule has 104 valence electrons. The third-order valence-electron chi connectivity index (χ3n) is 3.60. The van der Waals surface area contributed by atoms with Crippen LogP contribution < -0.4 is 5.48 Å². The summed E-state index contributed by atoms with van der Waals surface area (Å²) in [6.45, 7) is 0. The fourth-order valence-electron chi connectivity index (χ4n) is 2.60. The van der Waals surface area contributed by atoms with E-state index in [1.165, 1.54) is 11.8 Å². The average molecular weight is 288 g/mol. The van der Waals surface area contributed by atoms with Crippen molar-refractivity contribution in [3.05, 3.63) is 41.4 Å². The Morgan fingerprint density at radius 1 is 1.35 bits per heavy atom. The summed E-state index contributed by atoms with van der Waals surface area (Å²) in [5, 5.41) is 1.03. The van der Waals surface area contributed by atoms with E-state index < -0.39 is 0 Å². The van der Waals surface area contributed by atoms with Crippen LogP contribution in [0.4, 0.5) is 0 Å². The molecule has 1 aromatic carbocycles. The Bertz CT molecular complexity index is 617. The third-order valence-corrected chi connectivity index (χ3v) is 4.77. The minimum absolute atomic E-state index is 0.0684. The van der Waals surface area contributed by atoms with Gasteiger partial charge in [-0.1, -0.05) is 24.3 Å². The Labute approximate surface area is 121 Å². The Morgan fingerprint density at radius 3 is 2.95 bits per heavy atom. The number of hydrogen-bond acceptors (Lipinski definition) is 4. The highest BCUT2D eigenvalue weighted by Crippen LogP contribution is 2.38. The zero-order valence-electron chi connectivity index (χ0n) is 11.2. The minimum Gasteiger partial charge on any atom is -0.277 e. The summed E-state index contributed by atoms with van der Waals surface area (Å²) in [6.07, 6.45) is 5.77. The Balaban J connectivity index is 1.93. The highest BCUT2D eigenvalue weighted by Gasteiger charge is 2.32. The molecule has 2 atom stereocenters. The van der Waals surface area contributed by atoms with Crippen molar-refractivity contribution in [3.8, 4) is 0 Å². The number of carbonyl (C=O) groups excluding carboxylic acids is 1. The number of carbonyl (C=O) groups is 1. The molecule has 1 aliphatic rings. The van der Waals surface area contributed by atoms with E-state index >= 15 is 0 Å². The second kappa shape index (κ2) is 5.73. The molecule has 20 heavy (non-hydrogen) atoms. The molecule has 1 aromatic heterocycles. The van der Waals surface area contributed by atoms with Crippen LogP contribution in [-0.2, 0) is 9.63 Å². The molecule has 3 rings (SSSR count). The standard InChI is InChI=1S/C15H16N2O2S/c1-19-17-14(18)10-6-2-3-7-11(10)15-16-12-8-4-5-9-13(12)20-15/h2-5,8-11H,6-7H2,1H3,(H,17,18)/t10-,11+/m0/s1. The summed E-state index contributed by atoms with van der Waals surface area (Å²) in [5.41, 5.74) is 3.46. The fraction of sp³-hybridized carbons (Fsp3) is 0.333. The SMILES string of the molecule is CONC(=O)[C@H]1CC=CC[C@H]1c1nc2ccccc2s1. The van der Waals surface area contributed by atoms with Gasteiger partial charge in [-0.25, -0.2) is 10.5 Å². The first kappa shape index (κ1) is 13.3. The molecule has 0 saturated heterocycles. The molecule has 1 aliphatic carbocycles. The molecule has 0 fully saturated rings. The lowest BCUT2D eigenvalue weighted by molar-refractivity contribution is -0.136. The highest BCUT2D eigenvalue weighted by molar-refractivity contribution is 7.18. The van der Waals surface area contributed by atoms with Gasteiger partial charge in [-0.05, 0) is 25.0 Å². The quantitative estimate of drug-likeness (QED) is 0.697. The van der Waals surface area contributed by atoms with E-state index in [0.29, 0.717) is 0 Å². The van der Waals surface area contributed by atoms with Crippen LogP contribution in [0.1, 0.15) is 23.8 Å². The summed E-state index contributed by atoms with van der Waals surface area (Å²) in [4.78, 5) is 21.6. The van der Waals surface area contributed by atoms with E-state index in [0.717, 1.165) is 23.4 Å². The summed E-state index contributed by atoms with van der Waals surface area (Å²) in [6, 6.07) is 8.08. The molecular formula is C15H16N2O2S. The predicted octanol–water partition coefficient (Wildman–Crippen LogP) is 3.02. The van der Waals surface area contributed by atoms with Crippen LogP contribution in [0.2, 0.25) is 0 Å². The van der Waals surface area contributed by atoms with Crippen molar-refractivity contribution in [3.63, 3.8) is 0 Å². The highest BCUT2D eigenvalue weighted by atomic mass is 32.1. The number of hydroxylamine groups is 1. The number of thiazole rings is 1. The van der Waals surface area contributed by atoms with Gasteiger partial charge in [0.15, 0.2) is 0 Å². The fourth-order valence-corrected chi connectivity index (χ4v) is 3.75. The zero-order valence-corrected chi connectivity index (χ0v) is 12.0. The molecular weight excluding hydrogens is 272 g/mol. The van der Waals surface area contributed by atoms with Gasteiger partial charge in [-0.2, -0.15) is 0 Å². The van der Waals surface area contributed by atoms with Gasteiger partial charge in [0.05, 0.1) is 28.3 Å². The number of para-hydroxylation sites is 1. The molecule has 4 nitrogen and oxygen atoms in total. The van der Waals surface area contributed by atoms with Crippen molar-refractivity contribution < 1.29 is 9.63 Å². The monoisotopic (exact) mass is 288 g/mol. The first-order valence-electron chi connectivity index (χ1n) is 6.63. The summed E-state index contributed by atoms with van der Waals surface area (Å²) in [7, 11) is 1.46. The molecule has 1 amide bonds. The van der Waals surface area contributed by atoms with Gasteiger partial charge in [-0.15, -0.1) is 11.3 Å². The van der Waals surface area contributed by atoms with Gasteiger partial charge >= 0.3 is 0 Å². The maximum absolute atomic E-state index is 12.1. The maximum atomic E-state index is 12.1. The van der Waals surface area contributed by atoms with Crippen LogP contribution in [-0.4, -0.2) is 18.0 Å². The largest absolute Gasteiger partial charge is 0.277 e. The van der Waals surface area contributed by atoms with Crippen molar-refractivity contribution in [2.24, 2.45) is 5.92 Å². The summed E-state index contributed by atoms with van der Waals surface area (Å²) < 4.78 is 1.17. The lowest BCUT2D eigenvalue weighted by Crippen LogP contribution is -2.34. The Kier molecular flexibility index (Phi) is 3.80. The number of rotatable bonds is 3. The molecule has 2 aromatic rings. The van der Waals surface area contributed by atoms with Gasteiger partial charge in [0, 0.05) is 5.92 Å². The van der Waals surface area contributed by atoms with Crippen molar-refractivity contribution in [1.29, 1.82) is 0 Å². The normalized spacial score (nSPS) is 22.1. The first-order valence-corrected chi connectivity index (χ1v) is 7.44. The number of aromatic nitrogens is 1. The minimum atomic E-state index is -0.111. The van der Waals surface area contributed by atoms with Gasteiger partial charge < -0.3 is 0 Å². The summed E-state index contributed by atoms with van der Waals surface area (Å²) >= 11 is 1.68. The number of hydrogen-bond donors (Lipinski definition) is 1. The van der Waals surface area contributed by atoms with Crippen LogP contribution in [0.15, 0.2) is 36.4 Å². The van der Waals surface area contributed by atoms with E-state index in [1.807, 2.05) is 18.2 Å². The topological polar surface area (TPSA) is 51.2 Å². The van der Waals surface area contributed by atoms with Crippen molar-refractivity contribution >= 4 is 27.5 Å². The number of fused-ring (bicyclic) bond motifs is 1. The molecule has 0 spiro atoms. The van der Waals surface area contributed by atoms with E-state index in [1.54, 1.807) is 11.3 Å². The number of nitrogens with zero attached hydrogens (tertiary/aromatic N) is 1. The molecule has 0 unspecified atom stereocenters. The van der Waals surface area contributed by atoms with Gasteiger partial charge in [0.2, 0.25) is 5.91 Å². The lowest BCUT2D eigenvalue weighted by Gasteiger charge is -2.25. The van der Waals surface area contributed by atoms with E-state index in [2.05, 4.69) is 23.7 Å². The van der Waals surface area contributed by atoms with E-state index in [4.69, 9.17) is 9.82 Å². The second-order valence-electron chi connectivity index (χ2n) is 4.85. The summed E-state index contributed by atoms with van der Waals surface area (Å²) in [5.74, 6) is -0.0471. The predicted molar refractivity (Wildman–Crippen MR) is 79.4 cm³/mol. The van der Waals surface area contributed by atoms with Crippen LogP contribution in [0.25, 0.3) is 10.2 Å². The molecule has 0 radical (unpaired) electrons. The number of nitrogens with one attached hydrogen (secondary N) is 1. The van der Waals surface area contributed by atoms with E-state index in [9.17, 15) is 4.79 Å². The van der Waals surface area contributed by atoms with Gasteiger partial charge in [0.1, 0.15) is 0 Å². The Hall–Kier alpha value is -1.72. The number of benzene rings is 1. The van der Waals surface area contributed by atoms with Gasteiger partial charge in [0.25, 0.3) is 0 Å². The van der Waals surface area contributed by atoms with Gasteiger partial charge in [-0.3, -0.25) is 9.63 Å². The number of amides is 1. The number of allylic oxidation sites excluding steroid dienone is 2. The van der Waals surface area contributed by atoms with Crippen molar-refractivity contribution in [1.82, 2.24) is 10.5 Å². The van der Waals surface area contributed by atoms with Crippen LogP contribution in [0.3, 0.4) is 0 Å². The average Bonchev–Trinajstić information content (AvgIpc) is 2.91. The molecule has 5 heteroatoms. The maximum Gasteiger partial charge on any atom is 0.247 e. The molecule has 0 aliphatic heterocycles.